The molecule has 160 valence electrons. The zero-order valence-electron chi connectivity index (χ0n) is 17.0. The second-order valence-corrected chi connectivity index (χ2v) is 9.14. The van der Waals surface area contributed by atoms with Gasteiger partial charge in [-0.2, -0.15) is 0 Å². The Labute approximate surface area is 199 Å². The number of aromatic nitrogens is 2. The highest BCUT2D eigenvalue weighted by atomic mass is 79.9. The molecular formula is C24H16Br2N2O4. The fourth-order valence-electron chi connectivity index (χ4n) is 4.07. The number of carbonyl (C=O) groups is 2. The van der Waals surface area contributed by atoms with Crippen LogP contribution in [-0.2, 0) is 19.1 Å². The van der Waals surface area contributed by atoms with Crippen molar-refractivity contribution in [2.24, 2.45) is 0 Å². The summed E-state index contributed by atoms with van der Waals surface area (Å²) in [6.45, 7) is 0. The Morgan fingerprint density at radius 2 is 1.12 bits per heavy atom. The lowest BCUT2D eigenvalue weighted by Gasteiger charge is -2.13. The van der Waals surface area contributed by atoms with Crippen LogP contribution >= 0.6 is 31.9 Å². The molecule has 0 radical (unpaired) electrons. The molecule has 0 atom stereocenters. The number of nitrogens with one attached hydrogen (secondary N) is 2. The Balaban J connectivity index is 1.95. The van der Waals surface area contributed by atoms with E-state index in [0.29, 0.717) is 33.7 Å². The summed E-state index contributed by atoms with van der Waals surface area (Å²) in [5.74, 6) is -0.968. The van der Waals surface area contributed by atoms with Crippen molar-refractivity contribution in [2.45, 2.75) is 0 Å². The minimum absolute atomic E-state index is 0.358. The van der Waals surface area contributed by atoms with Gasteiger partial charge in [0.2, 0.25) is 0 Å². The Bertz CT molecular complexity index is 1390. The van der Waals surface area contributed by atoms with E-state index in [1.165, 1.54) is 14.2 Å². The van der Waals surface area contributed by atoms with Gasteiger partial charge in [0.15, 0.2) is 0 Å². The molecule has 1 aliphatic carbocycles. The maximum Gasteiger partial charge on any atom is 0.340 e. The average Bonchev–Trinajstić information content (AvgIpc) is 3.30. The second-order valence-electron chi connectivity index (χ2n) is 7.31. The minimum atomic E-state index is -0.484. The molecule has 0 bridgehead atoms. The summed E-state index contributed by atoms with van der Waals surface area (Å²) in [5, 5.41) is 1.71. The number of benzene rings is 2. The fraction of sp³-hybridized carbons (Fsp3) is 0.0833. The van der Waals surface area contributed by atoms with Gasteiger partial charge in [-0.1, -0.05) is 31.9 Å². The molecule has 6 nitrogen and oxygen atoms in total. The number of halogens is 2. The third-order valence-electron chi connectivity index (χ3n) is 5.53. The third kappa shape index (κ3) is 3.22. The van der Waals surface area contributed by atoms with Crippen molar-refractivity contribution in [3.05, 3.63) is 67.9 Å². The lowest BCUT2D eigenvalue weighted by molar-refractivity contribution is -0.134. The Hall–Kier alpha value is -3.10. The molecule has 2 N–H and O–H groups in total. The quantitative estimate of drug-likeness (QED) is 0.301. The maximum atomic E-state index is 12.9. The number of methoxy groups -OCH3 is 2. The summed E-state index contributed by atoms with van der Waals surface area (Å²) in [6, 6.07) is 11.5. The average molecular weight is 556 g/mol. The van der Waals surface area contributed by atoms with Gasteiger partial charge >= 0.3 is 11.9 Å². The van der Waals surface area contributed by atoms with E-state index in [2.05, 4.69) is 41.8 Å². The summed E-state index contributed by atoms with van der Waals surface area (Å²) in [5.41, 5.74) is 4.91. The maximum absolute atomic E-state index is 12.9. The SMILES string of the molecule is COC(=O)/C1=C/c2c([nH]c3ccc(Br)cc23)/C(C(=O)OC)=C\c2c1[nH]c1ccc(Br)cc21. The van der Waals surface area contributed by atoms with Crippen LogP contribution < -0.4 is 0 Å². The normalized spacial score (nSPS) is 16.2. The molecular weight excluding hydrogens is 540 g/mol. The highest BCUT2D eigenvalue weighted by Crippen LogP contribution is 2.40. The van der Waals surface area contributed by atoms with Crippen LogP contribution in [0.2, 0.25) is 0 Å². The van der Waals surface area contributed by atoms with Gasteiger partial charge in [-0.05, 0) is 48.6 Å². The van der Waals surface area contributed by atoms with Crippen LogP contribution in [0.1, 0.15) is 22.5 Å². The molecule has 2 aromatic carbocycles. The number of H-pyrrole nitrogens is 2. The van der Waals surface area contributed by atoms with Crippen molar-refractivity contribution in [1.82, 2.24) is 9.97 Å². The largest absolute Gasteiger partial charge is 0.465 e. The lowest BCUT2D eigenvalue weighted by atomic mass is 9.94. The van der Waals surface area contributed by atoms with E-state index < -0.39 is 11.9 Å². The first-order chi connectivity index (χ1) is 15.4. The first-order valence-electron chi connectivity index (χ1n) is 9.64. The van der Waals surface area contributed by atoms with Gasteiger partial charge in [0.25, 0.3) is 0 Å². The molecule has 0 unspecified atom stereocenters. The summed E-state index contributed by atoms with van der Waals surface area (Å²) < 4.78 is 12.0. The van der Waals surface area contributed by atoms with Crippen molar-refractivity contribution in [2.75, 3.05) is 14.2 Å². The summed E-state index contributed by atoms with van der Waals surface area (Å²) in [4.78, 5) is 32.4. The predicted octanol–water partition coefficient (Wildman–Crippen LogP) is 5.91. The van der Waals surface area contributed by atoms with E-state index >= 15 is 0 Å². The van der Waals surface area contributed by atoms with Gasteiger partial charge < -0.3 is 19.4 Å². The van der Waals surface area contributed by atoms with Crippen LogP contribution in [-0.4, -0.2) is 36.1 Å². The van der Waals surface area contributed by atoms with Crippen molar-refractivity contribution in [3.8, 4) is 0 Å². The molecule has 2 aromatic heterocycles. The van der Waals surface area contributed by atoms with Crippen LogP contribution in [0.3, 0.4) is 0 Å². The van der Waals surface area contributed by atoms with Crippen molar-refractivity contribution >= 4 is 88.9 Å². The molecule has 0 amide bonds. The number of fused-ring (bicyclic) bond motifs is 6. The van der Waals surface area contributed by atoms with E-state index in [1.807, 2.05) is 36.4 Å². The summed E-state index contributed by atoms with van der Waals surface area (Å²) in [7, 11) is 2.70. The van der Waals surface area contributed by atoms with Gasteiger partial charge in [-0.25, -0.2) is 9.59 Å². The number of ether oxygens (including phenoxy) is 2. The Morgan fingerprint density at radius 1 is 0.719 bits per heavy atom. The number of rotatable bonds is 2. The number of carbonyl (C=O) groups excluding carboxylic acids is 2. The number of aromatic amines is 2. The zero-order chi connectivity index (χ0) is 22.6. The highest BCUT2D eigenvalue weighted by molar-refractivity contribution is 9.10. The molecule has 0 aliphatic heterocycles. The smallest absolute Gasteiger partial charge is 0.340 e. The lowest BCUT2D eigenvalue weighted by Crippen LogP contribution is -2.10. The monoisotopic (exact) mass is 554 g/mol. The molecule has 0 fully saturated rings. The minimum Gasteiger partial charge on any atom is -0.465 e. The van der Waals surface area contributed by atoms with E-state index in [9.17, 15) is 9.59 Å². The topological polar surface area (TPSA) is 84.2 Å². The molecule has 1 aliphatic rings. The van der Waals surface area contributed by atoms with Gasteiger partial charge in [0.05, 0.1) is 36.8 Å². The number of hydrogen-bond acceptors (Lipinski definition) is 4. The Kier molecular flexibility index (Phi) is 5.06. The Morgan fingerprint density at radius 3 is 1.50 bits per heavy atom. The van der Waals surface area contributed by atoms with Gasteiger partial charge in [-0.3, -0.25) is 0 Å². The van der Waals surface area contributed by atoms with Gasteiger partial charge in [0, 0.05) is 41.9 Å². The molecule has 2 heterocycles. The number of esters is 2. The molecule has 32 heavy (non-hydrogen) atoms. The van der Waals surface area contributed by atoms with Crippen LogP contribution in [0.15, 0.2) is 45.3 Å². The molecule has 8 heteroatoms. The fourth-order valence-corrected chi connectivity index (χ4v) is 4.79. The van der Waals surface area contributed by atoms with Crippen molar-refractivity contribution in [3.63, 3.8) is 0 Å². The summed E-state index contributed by atoms with van der Waals surface area (Å²) >= 11 is 7.02. The first-order valence-corrected chi connectivity index (χ1v) is 11.2. The predicted molar refractivity (Wildman–Crippen MR) is 132 cm³/mol. The zero-order valence-corrected chi connectivity index (χ0v) is 20.2. The van der Waals surface area contributed by atoms with Gasteiger partial charge in [-0.15, -0.1) is 0 Å². The summed E-state index contributed by atoms with van der Waals surface area (Å²) in [6.07, 6.45) is 3.51. The standard InChI is InChI=1S/C24H16Br2N2O4/c1-31-23(29)17-9-15-13-7-11(25)4-6-20(13)28-22(15)18(24(30)32-2)10-16-14-8-12(26)3-5-19(14)27-21(16)17/h3-10,27-28H,1-2H3/b15-9?,16-10?,17-9+,18-10+,21-17?,22-18?. The second kappa shape index (κ2) is 7.79. The van der Waals surface area contributed by atoms with Crippen molar-refractivity contribution in [1.29, 1.82) is 0 Å². The molecule has 5 rings (SSSR count). The van der Waals surface area contributed by atoms with E-state index in [0.717, 1.165) is 30.8 Å². The van der Waals surface area contributed by atoms with E-state index in [1.54, 1.807) is 12.2 Å². The number of hydrogen-bond donors (Lipinski definition) is 2. The van der Waals surface area contributed by atoms with E-state index in [-0.39, 0.29) is 0 Å². The molecule has 0 spiro atoms. The van der Waals surface area contributed by atoms with E-state index in [4.69, 9.17) is 9.47 Å². The van der Waals surface area contributed by atoms with Crippen LogP contribution in [0.5, 0.6) is 0 Å². The van der Waals surface area contributed by atoms with Crippen LogP contribution in [0.4, 0.5) is 0 Å². The molecule has 0 saturated heterocycles. The molecule has 4 aromatic rings. The molecule has 0 saturated carbocycles. The first kappa shape index (κ1) is 20.8. The van der Waals surface area contributed by atoms with Crippen LogP contribution in [0, 0.1) is 0 Å². The highest BCUT2D eigenvalue weighted by Gasteiger charge is 2.28. The third-order valence-corrected chi connectivity index (χ3v) is 6.51. The van der Waals surface area contributed by atoms with Gasteiger partial charge in [0.1, 0.15) is 0 Å². The van der Waals surface area contributed by atoms with Crippen LogP contribution in [0.25, 0.3) is 45.1 Å². The van der Waals surface area contributed by atoms with Crippen molar-refractivity contribution < 1.29 is 19.1 Å².